The van der Waals surface area contributed by atoms with Crippen molar-refractivity contribution in [1.82, 2.24) is 4.90 Å². The van der Waals surface area contributed by atoms with Crippen LogP contribution in [0.3, 0.4) is 0 Å². The van der Waals surface area contributed by atoms with Crippen molar-refractivity contribution in [2.75, 3.05) is 0 Å². The van der Waals surface area contributed by atoms with Gasteiger partial charge in [-0.15, -0.1) is 0 Å². The van der Waals surface area contributed by atoms with Gasteiger partial charge in [-0.05, 0) is 36.5 Å². The number of hydrogen-bond donors (Lipinski definition) is 0. The van der Waals surface area contributed by atoms with Crippen LogP contribution in [0, 0.1) is 5.92 Å². The molecule has 23 heavy (non-hydrogen) atoms. The van der Waals surface area contributed by atoms with E-state index in [0.717, 1.165) is 12.0 Å². The molecule has 3 nitrogen and oxygen atoms in total. The normalized spacial score (nSPS) is 31.6. The van der Waals surface area contributed by atoms with Gasteiger partial charge >= 0.3 is 0 Å². The standard InChI is InChI=1S/C19H29NO2Si/c1-19(2,3)23(4,5)22-17-12-15-11-16(17)18(21)20(15)13-14-9-7-6-8-10-14/h6-10,15-17H,11-13H2,1-5H3/t15-,16+,17-/m0/s1/i17D. The predicted octanol–water partition coefficient (Wildman–Crippen LogP) is 4.20. The van der Waals surface area contributed by atoms with Crippen molar-refractivity contribution in [2.24, 2.45) is 5.92 Å². The Kier molecular flexibility index (Phi) is 3.85. The SMILES string of the molecule is [2H][C@]1(O[Si](C)(C)C(C)(C)C)C[C@@H]2C[C@H]1C(=O)N2Cc1ccccc1. The fourth-order valence-electron chi connectivity index (χ4n) is 3.30. The van der Waals surface area contributed by atoms with E-state index in [4.69, 9.17) is 5.80 Å². The van der Waals surface area contributed by atoms with Crippen LogP contribution < -0.4 is 0 Å². The van der Waals surface area contributed by atoms with Gasteiger partial charge in [0.05, 0.1) is 13.4 Å². The molecule has 0 radical (unpaired) electrons. The molecule has 3 rings (SSSR count). The lowest BCUT2D eigenvalue weighted by Gasteiger charge is -2.41. The summed E-state index contributed by atoms with van der Waals surface area (Å²) in [5.74, 6) is -0.204. The number of amides is 1. The number of benzene rings is 1. The van der Waals surface area contributed by atoms with E-state index in [2.05, 4.69) is 46.0 Å². The number of piperidine rings is 1. The van der Waals surface area contributed by atoms with E-state index in [1.807, 2.05) is 23.1 Å². The van der Waals surface area contributed by atoms with Crippen molar-refractivity contribution in [3.63, 3.8) is 0 Å². The summed E-state index contributed by atoms with van der Waals surface area (Å²) < 4.78 is 15.3. The molecule has 1 aliphatic carbocycles. The van der Waals surface area contributed by atoms with E-state index in [-0.39, 0.29) is 22.9 Å². The van der Waals surface area contributed by atoms with Gasteiger partial charge in [-0.1, -0.05) is 51.1 Å². The topological polar surface area (TPSA) is 29.5 Å². The molecule has 126 valence electrons. The summed E-state index contributed by atoms with van der Waals surface area (Å²) in [5.41, 5.74) is 1.15. The fraction of sp³-hybridized carbons (Fsp3) is 0.632. The van der Waals surface area contributed by atoms with Gasteiger partial charge in [-0.25, -0.2) is 0 Å². The molecule has 4 heteroatoms. The van der Waals surface area contributed by atoms with Crippen molar-refractivity contribution in [2.45, 2.75) is 70.4 Å². The van der Waals surface area contributed by atoms with Crippen LogP contribution in [0.25, 0.3) is 0 Å². The van der Waals surface area contributed by atoms with E-state index in [0.29, 0.717) is 13.0 Å². The van der Waals surface area contributed by atoms with Gasteiger partial charge in [0.15, 0.2) is 8.32 Å². The molecule has 1 saturated carbocycles. The smallest absolute Gasteiger partial charge is 0.228 e. The molecule has 0 unspecified atom stereocenters. The van der Waals surface area contributed by atoms with Gasteiger partial charge in [0.2, 0.25) is 5.91 Å². The third-order valence-electron chi connectivity index (χ3n) is 5.74. The summed E-state index contributed by atoms with van der Waals surface area (Å²) in [6, 6.07) is 10.2. The van der Waals surface area contributed by atoms with E-state index in [1.165, 1.54) is 0 Å². The number of likely N-dealkylation sites (tertiary alicyclic amines) is 1. The van der Waals surface area contributed by atoms with Crippen molar-refractivity contribution in [3.05, 3.63) is 35.9 Å². The molecule has 1 aromatic rings. The number of fused-ring (bicyclic) bond motifs is 2. The number of carbonyl (C=O) groups is 1. The first kappa shape index (κ1) is 15.4. The number of nitrogens with zero attached hydrogens (tertiary/aromatic N) is 1. The maximum absolute atomic E-state index is 12.9. The molecule has 0 spiro atoms. The van der Waals surface area contributed by atoms with Gasteiger partial charge in [0, 0.05) is 12.6 Å². The van der Waals surface area contributed by atoms with E-state index in [1.54, 1.807) is 0 Å². The summed E-state index contributed by atoms with van der Waals surface area (Å²) in [4.78, 5) is 14.8. The molecule has 2 aliphatic rings. The molecule has 0 N–H and O–H groups in total. The molecular weight excluding hydrogens is 302 g/mol. The zero-order valence-electron chi connectivity index (χ0n) is 15.9. The average Bonchev–Trinajstić information content (AvgIpc) is 2.94. The summed E-state index contributed by atoms with van der Waals surface area (Å²) in [5, 5.41) is 0.0512. The van der Waals surface area contributed by atoms with Crippen LogP contribution in [0.5, 0.6) is 0 Å². The lowest BCUT2D eigenvalue weighted by atomic mass is 10.0. The van der Waals surface area contributed by atoms with Crippen LogP contribution in [-0.4, -0.2) is 31.2 Å². The summed E-state index contributed by atoms with van der Waals surface area (Å²) >= 11 is 0. The zero-order valence-corrected chi connectivity index (χ0v) is 15.9. The van der Waals surface area contributed by atoms with Crippen LogP contribution in [0.1, 0.15) is 40.5 Å². The highest BCUT2D eigenvalue weighted by Crippen LogP contribution is 2.45. The molecular formula is C19H29NO2Si. The first-order valence-electron chi connectivity index (χ1n) is 9.08. The van der Waals surface area contributed by atoms with Gasteiger partial charge in [-0.3, -0.25) is 4.79 Å². The fourth-order valence-corrected chi connectivity index (χ4v) is 4.49. The highest BCUT2D eigenvalue weighted by Gasteiger charge is 2.53. The molecule has 1 aromatic carbocycles. The Morgan fingerprint density at radius 3 is 2.48 bits per heavy atom. The quantitative estimate of drug-likeness (QED) is 0.774. The second kappa shape index (κ2) is 5.74. The largest absolute Gasteiger partial charge is 0.413 e. The van der Waals surface area contributed by atoms with Crippen LogP contribution in [-0.2, 0) is 15.8 Å². The third kappa shape index (κ3) is 3.11. The molecule has 1 amide bonds. The molecule has 0 aromatic heterocycles. The lowest BCUT2D eigenvalue weighted by Crippen LogP contribution is -2.49. The molecule has 3 atom stereocenters. The van der Waals surface area contributed by atoms with Crippen LogP contribution in [0.15, 0.2) is 30.3 Å². The minimum absolute atomic E-state index is 0.0512. The van der Waals surface area contributed by atoms with Crippen LogP contribution in [0.2, 0.25) is 18.1 Å². The van der Waals surface area contributed by atoms with E-state index >= 15 is 0 Å². The Bertz CT molecular complexity index is 628. The monoisotopic (exact) mass is 332 g/mol. The summed E-state index contributed by atoms with van der Waals surface area (Å²) in [7, 11) is -2.06. The van der Waals surface area contributed by atoms with E-state index < -0.39 is 14.4 Å². The van der Waals surface area contributed by atoms with Crippen molar-refractivity contribution < 1.29 is 10.6 Å². The number of hydrogen-bond acceptors (Lipinski definition) is 2. The minimum Gasteiger partial charge on any atom is -0.413 e. The second-order valence-electron chi connectivity index (χ2n) is 8.43. The lowest BCUT2D eigenvalue weighted by molar-refractivity contribution is -0.138. The number of rotatable bonds is 4. The predicted molar refractivity (Wildman–Crippen MR) is 95.6 cm³/mol. The number of carbonyl (C=O) groups excluding carboxylic acids is 1. The van der Waals surface area contributed by atoms with Gasteiger partial charge < -0.3 is 9.33 Å². The van der Waals surface area contributed by atoms with Gasteiger partial charge in [-0.2, -0.15) is 0 Å². The maximum atomic E-state index is 12.9. The second-order valence-corrected chi connectivity index (χ2v) is 13.2. The molecule has 2 fully saturated rings. The highest BCUT2D eigenvalue weighted by atomic mass is 28.4. The highest BCUT2D eigenvalue weighted by molar-refractivity contribution is 6.74. The molecule has 2 bridgehead atoms. The van der Waals surface area contributed by atoms with Crippen LogP contribution >= 0.6 is 0 Å². The first-order chi connectivity index (χ1) is 11.0. The maximum Gasteiger partial charge on any atom is 0.228 e. The van der Waals surface area contributed by atoms with Crippen molar-refractivity contribution in [1.29, 1.82) is 0 Å². The van der Waals surface area contributed by atoms with Gasteiger partial charge in [0.25, 0.3) is 0 Å². The Balaban J connectivity index is 1.74. The zero-order chi connectivity index (χ0) is 17.8. The third-order valence-corrected chi connectivity index (χ3v) is 10.1. The average molecular weight is 333 g/mol. The Morgan fingerprint density at radius 1 is 1.26 bits per heavy atom. The summed E-state index contributed by atoms with van der Waals surface area (Å²) in [6.07, 6.45) is 0.379. The molecule has 1 aliphatic heterocycles. The van der Waals surface area contributed by atoms with Crippen molar-refractivity contribution in [3.8, 4) is 0 Å². The van der Waals surface area contributed by atoms with Crippen LogP contribution in [0.4, 0.5) is 0 Å². The van der Waals surface area contributed by atoms with E-state index in [9.17, 15) is 4.79 Å². The van der Waals surface area contributed by atoms with Gasteiger partial charge in [0.1, 0.15) is 0 Å². The Hall–Kier alpha value is -1.13. The minimum atomic E-state index is -2.06. The Labute approximate surface area is 142 Å². The van der Waals surface area contributed by atoms with Crippen molar-refractivity contribution >= 4 is 14.2 Å². The summed E-state index contributed by atoms with van der Waals surface area (Å²) in [6.45, 7) is 11.5. The molecule has 1 heterocycles. The first-order valence-corrected chi connectivity index (χ1v) is 11.5. The Morgan fingerprint density at radius 2 is 1.91 bits per heavy atom. The molecule has 1 saturated heterocycles.